The smallest absolute Gasteiger partial charge is 0.153 e. The fourth-order valence-corrected chi connectivity index (χ4v) is 2.61. The molecule has 90 valence electrons. The summed E-state index contributed by atoms with van der Waals surface area (Å²) in [4.78, 5) is 15.2. The molecule has 1 heterocycles. The van der Waals surface area contributed by atoms with Crippen molar-refractivity contribution >= 4 is 6.29 Å². The Kier molecular flexibility index (Phi) is 2.67. The molecule has 0 fully saturated rings. The third-order valence-electron chi connectivity index (χ3n) is 3.51. The van der Waals surface area contributed by atoms with E-state index >= 15 is 0 Å². The second-order valence-electron chi connectivity index (χ2n) is 4.54. The molecule has 1 unspecified atom stereocenters. The van der Waals surface area contributed by atoms with E-state index in [1.54, 1.807) is 18.3 Å². The zero-order chi connectivity index (χ0) is 12.5. The van der Waals surface area contributed by atoms with Crippen molar-refractivity contribution < 1.29 is 9.18 Å². The van der Waals surface area contributed by atoms with Crippen molar-refractivity contribution in [1.82, 2.24) is 4.98 Å². The number of halogens is 1. The number of aldehydes is 1. The molecule has 1 aliphatic carbocycles. The first-order chi connectivity index (χ1) is 8.79. The van der Waals surface area contributed by atoms with Gasteiger partial charge in [0.15, 0.2) is 6.29 Å². The van der Waals surface area contributed by atoms with E-state index in [-0.39, 0.29) is 11.5 Å². The molecular weight excluding hydrogens is 229 g/mol. The van der Waals surface area contributed by atoms with E-state index in [4.69, 9.17) is 0 Å². The number of hydrogen-bond acceptors (Lipinski definition) is 2. The largest absolute Gasteiger partial charge is 0.298 e. The number of aryl methyl sites for hydroxylation is 1. The van der Waals surface area contributed by atoms with Gasteiger partial charge >= 0.3 is 0 Å². The molecule has 0 saturated heterocycles. The Labute approximate surface area is 104 Å². The average molecular weight is 241 g/mol. The molecule has 2 aromatic rings. The minimum atomic E-state index is -0.465. The summed E-state index contributed by atoms with van der Waals surface area (Å²) < 4.78 is 13.3. The molecule has 0 aliphatic heterocycles. The Balaban J connectivity index is 2.05. The van der Waals surface area contributed by atoms with E-state index in [0.29, 0.717) is 6.29 Å². The Morgan fingerprint density at radius 3 is 3.06 bits per heavy atom. The number of carbonyl (C=O) groups is 1. The fraction of sp³-hybridized carbons (Fsp3) is 0.200. The molecule has 1 aliphatic rings. The normalized spacial score (nSPS) is 17.5. The molecule has 0 bridgehead atoms. The van der Waals surface area contributed by atoms with Gasteiger partial charge in [-0.15, -0.1) is 0 Å². The van der Waals surface area contributed by atoms with Gasteiger partial charge in [-0.05, 0) is 42.2 Å². The Hall–Kier alpha value is -2.03. The highest BCUT2D eigenvalue weighted by molar-refractivity contribution is 5.75. The lowest BCUT2D eigenvalue weighted by atomic mass is 9.95. The zero-order valence-corrected chi connectivity index (χ0v) is 9.77. The molecule has 2 nitrogen and oxygen atoms in total. The van der Waals surface area contributed by atoms with Crippen LogP contribution in [-0.4, -0.2) is 11.3 Å². The molecule has 1 aromatic carbocycles. The van der Waals surface area contributed by atoms with Crippen molar-refractivity contribution in [1.29, 1.82) is 0 Å². The quantitative estimate of drug-likeness (QED) is 0.756. The molecule has 1 atom stereocenters. The van der Waals surface area contributed by atoms with Gasteiger partial charge in [0.1, 0.15) is 5.82 Å². The lowest BCUT2D eigenvalue weighted by molar-refractivity contribution is 0.111. The summed E-state index contributed by atoms with van der Waals surface area (Å²) in [6, 6.07) is 8.75. The molecule has 0 amide bonds. The predicted molar refractivity (Wildman–Crippen MR) is 66.2 cm³/mol. The maximum Gasteiger partial charge on any atom is 0.153 e. The van der Waals surface area contributed by atoms with Crippen molar-refractivity contribution in [3.8, 4) is 0 Å². The van der Waals surface area contributed by atoms with E-state index in [2.05, 4.69) is 11.1 Å². The van der Waals surface area contributed by atoms with Crippen molar-refractivity contribution in [2.75, 3.05) is 0 Å². The number of hydrogen-bond donors (Lipinski definition) is 0. The second-order valence-corrected chi connectivity index (χ2v) is 4.54. The number of carbonyl (C=O) groups excluding carboxylic acids is 1. The number of nitrogens with zero attached hydrogens (tertiary/aromatic N) is 1. The highest BCUT2D eigenvalue weighted by atomic mass is 19.1. The summed E-state index contributed by atoms with van der Waals surface area (Å²) in [6.45, 7) is 0. The summed E-state index contributed by atoms with van der Waals surface area (Å²) in [5, 5.41) is 0. The number of aromatic nitrogens is 1. The minimum Gasteiger partial charge on any atom is -0.298 e. The molecule has 3 heteroatoms. The summed E-state index contributed by atoms with van der Waals surface area (Å²) in [5.74, 6) is -0.284. The van der Waals surface area contributed by atoms with Crippen molar-refractivity contribution in [2.24, 2.45) is 0 Å². The maximum atomic E-state index is 13.3. The Morgan fingerprint density at radius 1 is 1.33 bits per heavy atom. The van der Waals surface area contributed by atoms with E-state index in [9.17, 15) is 9.18 Å². The maximum absolute atomic E-state index is 13.3. The van der Waals surface area contributed by atoms with Crippen LogP contribution in [0.5, 0.6) is 0 Å². The third-order valence-corrected chi connectivity index (χ3v) is 3.51. The number of benzene rings is 1. The SMILES string of the molecule is O=Cc1cc(C2CCc3cccnc32)ccc1F. The molecule has 18 heavy (non-hydrogen) atoms. The highest BCUT2D eigenvalue weighted by Crippen LogP contribution is 2.36. The average Bonchev–Trinajstić information content (AvgIpc) is 2.83. The van der Waals surface area contributed by atoms with Crippen molar-refractivity contribution in [3.05, 3.63) is 64.7 Å². The van der Waals surface area contributed by atoms with Gasteiger partial charge in [0, 0.05) is 12.1 Å². The molecule has 0 N–H and O–H groups in total. The molecule has 1 aromatic heterocycles. The summed E-state index contributed by atoms with van der Waals surface area (Å²) in [5.41, 5.74) is 3.40. The van der Waals surface area contributed by atoms with E-state index in [1.165, 1.54) is 11.6 Å². The van der Waals surface area contributed by atoms with Gasteiger partial charge in [0.2, 0.25) is 0 Å². The first-order valence-electron chi connectivity index (χ1n) is 5.98. The lowest BCUT2D eigenvalue weighted by Gasteiger charge is -2.11. The van der Waals surface area contributed by atoms with Crippen LogP contribution in [0.3, 0.4) is 0 Å². The minimum absolute atomic E-state index is 0.122. The van der Waals surface area contributed by atoms with Gasteiger partial charge in [0.25, 0.3) is 0 Å². The van der Waals surface area contributed by atoms with Gasteiger partial charge in [-0.1, -0.05) is 12.1 Å². The van der Waals surface area contributed by atoms with Gasteiger partial charge in [-0.2, -0.15) is 0 Å². The number of fused-ring (bicyclic) bond motifs is 1. The summed E-state index contributed by atoms with van der Waals surface area (Å²) in [6.07, 6.45) is 4.30. The van der Waals surface area contributed by atoms with Crippen LogP contribution in [0.25, 0.3) is 0 Å². The van der Waals surface area contributed by atoms with Crippen LogP contribution in [0.15, 0.2) is 36.5 Å². The van der Waals surface area contributed by atoms with Gasteiger partial charge in [0.05, 0.1) is 11.3 Å². The zero-order valence-electron chi connectivity index (χ0n) is 9.77. The van der Waals surface area contributed by atoms with Crippen LogP contribution in [0.2, 0.25) is 0 Å². The fourth-order valence-electron chi connectivity index (χ4n) is 2.61. The van der Waals surface area contributed by atoms with E-state index < -0.39 is 5.82 Å². The predicted octanol–water partition coefficient (Wildman–Crippen LogP) is 3.11. The van der Waals surface area contributed by atoms with Crippen LogP contribution in [0.1, 0.15) is 39.5 Å². The monoisotopic (exact) mass is 241 g/mol. The summed E-state index contributed by atoms with van der Waals surface area (Å²) in [7, 11) is 0. The van der Waals surface area contributed by atoms with E-state index in [1.807, 2.05) is 6.07 Å². The molecular formula is C15H12FNO. The van der Waals surface area contributed by atoms with Gasteiger partial charge in [-0.25, -0.2) is 4.39 Å². The van der Waals surface area contributed by atoms with Crippen LogP contribution in [-0.2, 0) is 6.42 Å². The van der Waals surface area contributed by atoms with Crippen LogP contribution >= 0.6 is 0 Å². The topological polar surface area (TPSA) is 30.0 Å². The van der Waals surface area contributed by atoms with Crippen LogP contribution < -0.4 is 0 Å². The van der Waals surface area contributed by atoms with Crippen LogP contribution in [0.4, 0.5) is 4.39 Å². The van der Waals surface area contributed by atoms with Crippen molar-refractivity contribution in [2.45, 2.75) is 18.8 Å². The second kappa shape index (κ2) is 4.33. The third kappa shape index (κ3) is 1.72. The lowest BCUT2D eigenvalue weighted by Crippen LogP contribution is -2.00. The molecule has 0 saturated carbocycles. The standard InChI is InChI=1S/C15H12FNO/c16-14-6-4-11(8-12(14)9-18)13-5-3-10-2-1-7-17-15(10)13/h1-2,4,6-9,13H,3,5H2. The number of pyridine rings is 1. The van der Waals surface area contributed by atoms with Crippen molar-refractivity contribution in [3.63, 3.8) is 0 Å². The molecule has 0 radical (unpaired) electrons. The molecule has 3 rings (SSSR count). The first kappa shape index (κ1) is 11.1. The molecule has 0 spiro atoms. The Morgan fingerprint density at radius 2 is 2.22 bits per heavy atom. The highest BCUT2D eigenvalue weighted by Gasteiger charge is 2.25. The Bertz CT molecular complexity index is 609. The van der Waals surface area contributed by atoms with Crippen LogP contribution in [0, 0.1) is 5.82 Å². The number of rotatable bonds is 2. The van der Waals surface area contributed by atoms with Gasteiger partial charge in [-0.3, -0.25) is 9.78 Å². The summed E-state index contributed by atoms with van der Waals surface area (Å²) >= 11 is 0. The van der Waals surface area contributed by atoms with E-state index in [0.717, 1.165) is 24.1 Å². The first-order valence-corrected chi connectivity index (χ1v) is 5.98. The van der Waals surface area contributed by atoms with Gasteiger partial charge < -0.3 is 0 Å².